The molecule has 0 amide bonds. The Kier molecular flexibility index (Phi) is 10.7. The minimum Gasteiger partial charge on any atom is -0.462 e. The molecule has 3 aromatic carbocycles. The van der Waals surface area contributed by atoms with Crippen LogP contribution >= 0.6 is 0 Å². The quantitative estimate of drug-likeness (QED) is 0.0859. The molecule has 1 aliphatic carbocycles. The number of esters is 2. The summed E-state index contributed by atoms with van der Waals surface area (Å²) in [5.41, 5.74) is 2.27. The molecule has 2 aliphatic rings. The number of ether oxygens (including phenoxy) is 2. The Morgan fingerprint density at radius 3 is 2.16 bits per heavy atom. The summed E-state index contributed by atoms with van der Waals surface area (Å²) >= 11 is 0. The van der Waals surface area contributed by atoms with Gasteiger partial charge in [0.25, 0.3) is 0 Å². The first-order chi connectivity index (χ1) is 21.5. The van der Waals surface area contributed by atoms with Crippen LogP contribution in [0.15, 0.2) is 115 Å². The largest absolute Gasteiger partial charge is 0.462 e. The van der Waals surface area contributed by atoms with Gasteiger partial charge in [0.1, 0.15) is 20.3 Å². The Bertz CT molecular complexity index is 1390. The van der Waals surface area contributed by atoms with E-state index in [1.165, 1.54) is 28.8 Å². The van der Waals surface area contributed by atoms with Gasteiger partial charge in [-0.1, -0.05) is 139 Å². The molecule has 230 valence electrons. The number of rotatable bonds is 13. The lowest BCUT2D eigenvalue weighted by molar-refractivity contribution is -0.141. The number of hydrogen-bond donors (Lipinski definition) is 0. The molecule has 5 atom stereocenters. The molecule has 1 aliphatic heterocycles. The van der Waals surface area contributed by atoms with Crippen LogP contribution in [0.4, 0.5) is 0 Å². The van der Waals surface area contributed by atoms with E-state index in [1.807, 2.05) is 18.2 Å². The van der Waals surface area contributed by atoms with Gasteiger partial charge in [-0.3, -0.25) is 4.79 Å². The highest BCUT2D eigenvalue weighted by Gasteiger charge is 2.51. The summed E-state index contributed by atoms with van der Waals surface area (Å²) in [6.07, 6.45) is 12.0. The molecule has 5 heteroatoms. The highest BCUT2D eigenvalue weighted by molar-refractivity contribution is 7.04. The van der Waals surface area contributed by atoms with Crippen LogP contribution in [0, 0.1) is 11.8 Å². The number of unbranched alkanes of at least 4 members (excludes halogenated alkanes) is 2. The third-order valence-electron chi connectivity index (χ3n) is 9.76. The minimum absolute atomic E-state index is 0.0189. The summed E-state index contributed by atoms with van der Waals surface area (Å²) in [4.78, 5) is 25.6. The normalized spacial score (nSPS) is 22.5. The van der Waals surface area contributed by atoms with E-state index in [4.69, 9.17) is 9.47 Å². The van der Waals surface area contributed by atoms with Crippen molar-refractivity contribution in [2.45, 2.75) is 83.1 Å². The van der Waals surface area contributed by atoms with E-state index in [0.29, 0.717) is 23.9 Å². The highest BCUT2D eigenvalue weighted by Crippen LogP contribution is 2.45. The van der Waals surface area contributed by atoms with Crippen LogP contribution in [0.3, 0.4) is 0 Å². The third kappa shape index (κ3) is 6.99. The molecule has 1 heterocycles. The SMILES string of the molecule is C/C=C(/C)C[Si](c1ccccc1)(c1ccccc1)[C@@H](/C=C/[C@@H]1[C@H]2CC(=O)O[C@H]2C[C@H]1OC(=O)c1ccccc1)CCCCC. The number of carbonyl (C=O) groups excluding carboxylic acids is 2. The van der Waals surface area contributed by atoms with Crippen molar-refractivity contribution < 1.29 is 19.1 Å². The van der Waals surface area contributed by atoms with Gasteiger partial charge in [0.2, 0.25) is 0 Å². The second-order valence-corrected chi connectivity index (χ2v) is 16.7. The maximum absolute atomic E-state index is 13.2. The minimum atomic E-state index is -2.40. The van der Waals surface area contributed by atoms with Crippen LogP contribution < -0.4 is 10.4 Å². The predicted molar refractivity (Wildman–Crippen MR) is 181 cm³/mol. The first-order valence-electron chi connectivity index (χ1n) is 16.3. The second-order valence-electron chi connectivity index (χ2n) is 12.5. The first-order valence-corrected chi connectivity index (χ1v) is 18.6. The maximum Gasteiger partial charge on any atom is 0.338 e. The van der Waals surface area contributed by atoms with Gasteiger partial charge >= 0.3 is 11.9 Å². The maximum atomic E-state index is 13.2. The van der Waals surface area contributed by atoms with Crippen LogP contribution in [0.25, 0.3) is 0 Å². The van der Waals surface area contributed by atoms with Gasteiger partial charge in [-0.2, -0.15) is 0 Å². The lowest BCUT2D eigenvalue weighted by Crippen LogP contribution is -2.61. The predicted octanol–water partition coefficient (Wildman–Crippen LogP) is 7.90. The summed E-state index contributed by atoms with van der Waals surface area (Å²) in [5, 5.41) is 2.88. The monoisotopic (exact) mass is 606 g/mol. The van der Waals surface area contributed by atoms with Crippen molar-refractivity contribution >= 4 is 30.4 Å². The number of hydrogen-bond acceptors (Lipinski definition) is 4. The van der Waals surface area contributed by atoms with Crippen LogP contribution in [0.1, 0.15) is 69.7 Å². The van der Waals surface area contributed by atoms with Gasteiger partial charge < -0.3 is 9.47 Å². The summed E-state index contributed by atoms with van der Waals surface area (Å²) < 4.78 is 11.9. The van der Waals surface area contributed by atoms with E-state index in [-0.39, 0.29) is 36.0 Å². The van der Waals surface area contributed by atoms with Gasteiger partial charge in [0, 0.05) is 18.3 Å². The Hall–Kier alpha value is -3.70. The zero-order valence-electron chi connectivity index (χ0n) is 26.4. The second kappa shape index (κ2) is 14.9. The van der Waals surface area contributed by atoms with E-state index < -0.39 is 8.07 Å². The van der Waals surface area contributed by atoms with Crippen molar-refractivity contribution in [1.82, 2.24) is 0 Å². The molecule has 0 N–H and O–H groups in total. The molecule has 0 radical (unpaired) electrons. The Morgan fingerprint density at radius 1 is 0.955 bits per heavy atom. The smallest absolute Gasteiger partial charge is 0.338 e. The molecular formula is C39H46O4Si. The molecule has 5 rings (SSSR count). The molecule has 4 nitrogen and oxygen atoms in total. The highest BCUT2D eigenvalue weighted by atomic mass is 28.3. The van der Waals surface area contributed by atoms with Gasteiger partial charge in [-0.25, -0.2) is 4.79 Å². The molecular weight excluding hydrogens is 561 g/mol. The number of carbonyl (C=O) groups is 2. The Morgan fingerprint density at radius 2 is 1.57 bits per heavy atom. The van der Waals surface area contributed by atoms with Gasteiger partial charge in [0.05, 0.1) is 12.0 Å². The van der Waals surface area contributed by atoms with Gasteiger partial charge in [-0.05, 0) is 44.0 Å². The number of allylic oxidation sites excluding steroid dienone is 3. The van der Waals surface area contributed by atoms with Crippen molar-refractivity contribution in [3.05, 3.63) is 120 Å². The molecule has 0 bridgehead atoms. The third-order valence-corrected chi connectivity index (χ3v) is 15.4. The fourth-order valence-electron chi connectivity index (χ4n) is 7.40. The lowest BCUT2D eigenvalue weighted by Gasteiger charge is -2.40. The molecule has 1 saturated heterocycles. The van der Waals surface area contributed by atoms with Gasteiger partial charge in [-0.15, -0.1) is 0 Å². The molecule has 1 saturated carbocycles. The average molecular weight is 607 g/mol. The van der Waals surface area contributed by atoms with Crippen molar-refractivity contribution in [1.29, 1.82) is 0 Å². The van der Waals surface area contributed by atoms with E-state index in [0.717, 1.165) is 18.9 Å². The molecule has 44 heavy (non-hydrogen) atoms. The summed E-state index contributed by atoms with van der Waals surface area (Å²) in [6.45, 7) is 6.67. The van der Waals surface area contributed by atoms with Crippen molar-refractivity contribution in [3.63, 3.8) is 0 Å². The van der Waals surface area contributed by atoms with Crippen molar-refractivity contribution in [2.75, 3.05) is 0 Å². The first kappa shape index (κ1) is 31.7. The van der Waals surface area contributed by atoms with E-state index >= 15 is 0 Å². The summed E-state index contributed by atoms with van der Waals surface area (Å²) in [7, 11) is -2.40. The fourth-order valence-corrected chi connectivity index (χ4v) is 13.1. The fraction of sp³-hybridized carbons (Fsp3) is 0.385. The van der Waals surface area contributed by atoms with E-state index in [2.05, 4.69) is 99.7 Å². The van der Waals surface area contributed by atoms with E-state index in [9.17, 15) is 9.59 Å². The van der Waals surface area contributed by atoms with Crippen molar-refractivity contribution in [2.24, 2.45) is 11.8 Å². The van der Waals surface area contributed by atoms with Crippen molar-refractivity contribution in [3.8, 4) is 0 Å². The zero-order chi connectivity index (χ0) is 30.9. The summed E-state index contributed by atoms with van der Waals surface area (Å²) in [5.74, 6) is -0.521. The van der Waals surface area contributed by atoms with Gasteiger partial charge in [0.15, 0.2) is 0 Å². The lowest BCUT2D eigenvalue weighted by atomic mass is 9.91. The van der Waals surface area contributed by atoms with Crippen LogP contribution in [0.5, 0.6) is 0 Å². The van der Waals surface area contributed by atoms with Crippen LogP contribution in [-0.4, -0.2) is 32.2 Å². The molecule has 2 fully saturated rings. The van der Waals surface area contributed by atoms with Crippen LogP contribution in [-0.2, 0) is 14.3 Å². The number of benzene rings is 3. The summed E-state index contributed by atoms with van der Waals surface area (Å²) in [6, 6.07) is 32.5. The number of fused-ring (bicyclic) bond motifs is 1. The topological polar surface area (TPSA) is 52.6 Å². The molecule has 0 spiro atoms. The molecule has 0 aromatic heterocycles. The molecule has 0 unspecified atom stereocenters. The Labute approximate surface area is 264 Å². The molecule has 3 aromatic rings. The van der Waals surface area contributed by atoms with E-state index in [1.54, 1.807) is 12.1 Å². The zero-order valence-corrected chi connectivity index (χ0v) is 27.4. The van der Waals surface area contributed by atoms with Crippen LogP contribution in [0.2, 0.25) is 11.6 Å². The standard InChI is InChI=1S/C39H46O4Si/c1-4-6-10-19-33(44(28-29(3)5-2,31-20-13-8-14-21-31)32-22-15-9-16-23-32)24-25-34-35-26-38(40)42-37(35)27-36(34)43-39(41)30-17-11-7-12-18-30/h5,7-9,11-18,20-25,33-37H,4,6,10,19,26-28H2,1-3H3/b25-24+,29-5-/t33-,34-,35-,36-,37+/m1/s1. The Balaban J connectivity index is 1.57. The average Bonchev–Trinajstić information content (AvgIpc) is 3.57.